The number of aliphatic imine (C=N–C) groups is 1. The van der Waals surface area contributed by atoms with E-state index < -0.39 is 0 Å². The maximum atomic E-state index is 12.6. The van der Waals surface area contributed by atoms with Gasteiger partial charge in [-0.1, -0.05) is 12.2 Å². The van der Waals surface area contributed by atoms with Crippen molar-refractivity contribution in [2.24, 2.45) is 28.7 Å². The molecule has 1 saturated heterocycles. The number of imide groups is 1. The summed E-state index contributed by atoms with van der Waals surface area (Å²) in [4.78, 5) is 42.5. The van der Waals surface area contributed by atoms with E-state index in [-0.39, 0.29) is 41.4 Å². The van der Waals surface area contributed by atoms with Crippen LogP contribution in [0.3, 0.4) is 0 Å². The quantitative estimate of drug-likeness (QED) is 0.179. The average Bonchev–Trinajstić information content (AvgIpc) is 3.15. The zero-order chi connectivity index (χ0) is 19.7. The Hall–Kier alpha value is -2.38. The Labute approximate surface area is 165 Å². The normalized spacial score (nSPS) is 30.8. The van der Waals surface area contributed by atoms with Gasteiger partial charge in [0.2, 0.25) is 17.7 Å². The van der Waals surface area contributed by atoms with Gasteiger partial charge in [-0.2, -0.15) is 0 Å². The SMILES string of the molecule is CN=C(NCCCC(=O)NC1CC1)NCCN1C(=O)C2C3C=CC(C3)C2C1=O. The molecule has 4 rings (SSSR count). The van der Waals surface area contributed by atoms with E-state index >= 15 is 0 Å². The summed E-state index contributed by atoms with van der Waals surface area (Å²) in [7, 11) is 1.68. The van der Waals surface area contributed by atoms with Crippen molar-refractivity contribution in [2.45, 2.75) is 38.1 Å². The third-order valence-electron chi connectivity index (χ3n) is 6.23. The standard InChI is InChI=1S/C20H29N5O3/c1-21-20(22-8-2-3-15(26)24-14-6-7-14)23-9-10-25-18(27)16-12-4-5-13(11-12)17(16)19(25)28/h4-5,12-14,16-17H,2-3,6-11H2,1H3,(H,24,26)(H2,21,22,23). The van der Waals surface area contributed by atoms with Gasteiger partial charge in [-0.15, -0.1) is 0 Å². The van der Waals surface area contributed by atoms with Crippen LogP contribution < -0.4 is 16.0 Å². The zero-order valence-corrected chi connectivity index (χ0v) is 16.3. The van der Waals surface area contributed by atoms with Gasteiger partial charge in [-0.05, 0) is 37.5 Å². The summed E-state index contributed by atoms with van der Waals surface area (Å²) in [6.45, 7) is 1.45. The molecule has 28 heavy (non-hydrogen) atoms. The molecule has 3 amide bonds. The fourth-order valence-corrected chi connectivity index (χ4v) is 4.67. The molecule has 0 aromatic carbocycles. The maximum absolute atomic E-state index is 12.6. The number of hydrogen-bond donors (Lipinski definition) is 3. The van der Waals surface area contributed by atoms with E-state index in [0.29, 0.717) is 38.1 Å². The number of allylic oxidation sites excluding steroid dienone is 2. The summed E-state index contributed by atoms with van der Waals surface area (Å²) in [5.74, 6) is 0.905. The summed E-state index contributed by atoms with van der Waals surface area (Å²) in [6, 6.07) is 0.399. The fraction of sp³-hybridized carbons (Fsp3) is 0.700. The predicted octanol–water partition coefficient (Wildman–Crippen LogP) is 0.0173. The second-order valence-corrected chi connectivity index (χ2v) is 8.20. The minimum atomic E-state index is -0.137. The van der Waals surface area contributed by atoms with Crippen LogP contribution in [0.4, 0.5) is 0 Å². The van der Waals surface area contributed by atoms with E-state index in [0.717, 1.165) is 25.7 Å². The minimum Gasteiger partial charge on any atom is -0.356 e. The van der Waals surface area contributed by atoms with Crippen LogP contribution in [0.1, 0.15) is 32.1 Å². The molecule has 3 N–H and O–H groups in total. The molecular weight excluding hydrogens is 358 g/mol. The monoisotopic (exact) mass is 387 g/mol. The highest BCUT2D eigenvalue weighted by atomic mass is 16.2. The van der Waals surface area contributed by atoms with Crippen molar-refractivity contribution in [1.29, 1.82) is 0 Å². The molecule has 0 radical (unpaired) electrons. The van der Waals surface area contributed by atoms with Crippen molar-refractivity contribution < 1.29 is 14.4 Å². The molecule has 4 aliphatic rings. The van der Waals surface area contributed by atoms with E-state index in [1.807, 2.05) is 0 Å². The van der Waals surface area contributed by atoms with Crippen LogP contribution in [-0.4, -0.2) is 61.3 Å². The van der Waals surface area contributed by atoms with Gasteiger partial charge >= 0.3 is 0 Å². The number of hydrogen-bond acceptors (Lipinski definition) is 4. The first-order valence-corrected chi connectivity index (χ1v) is 10.4. The van der Waals surface area contributed by atoms with Crippen molar-refractivity contribution in [3.63, 3.8) is 0 Å². The first-order valence-electron chi connectivity index (χ1n) is 10.4. The Kier molecular flexibility index (Phi) is 5.37. The lowest BCUT2D eigenvalue weighted by molar-refractivity contribution is -0.140. The zero-order valence-electron chi connectivity index (χ0n) is 16.3. The Morgan fingerprint density at radius 3 is 2.36 bits per heavy atom. The number of carbonyl (C=O) groups excluding carboxylic acids is 3. The van der Waals surface area contributed by atoms with Gasteiger partial charge in [-0.25, -0.2) is 0 Å². The van der Waals surface area contributed by atoms with Gasteiger partial charge in [0.15, 0.2) is 5.96 Å². The van der Waals surface area contributed by atoms with E-state index in [1.165, 1.54) is 4.90 Å². The number of carbonyl (C=O) groups is 3. The van der Waals surface area contributed by atoms with Crippen molar-refractivity contribution in [3.8, 4) is 0 Å². The summed E-state index contributed by atoms with van der Waals surface area (Å²) in [5.41, 5.74) is 0. The molecule has 2 bridgehead atoms. The highest BCUT2D eigenvalue weighted by Crippen LogP contribution is 2.52. The molecule has 4 atom stereocenters. The number of nitrogens with one attached hydrogen (secondary N) is 3. The van der Waals surface area contributed by atoms with Crippen molar-refractivity contribution in [3.05, 3.63) is 12.2 Å². The number of likely N-dealkylation sites (tertiary alicyclic amines) is 1. The van der Waals surface area contributed by atoms with Crippen molar-refractivity contribution >= 4 is 23.7 Å². The Morgan fingerprint density at radius 2 is 1.75 bits per heavy atom. The van der Waals surface area contributed by atoms with Gasteiger partial charge in [0.1, 0.15) is 0 Å². The molecule has 4 unspecified atom stereocenters. The molecule has 3 fully saturated rings. The van der Waals surface area contributed by atoms with Crippen LogP contribution in [0.25, 0.3) is 0 Å². The lowest BCUT2D eigenvalue weighted by Gasteiger charge is -2.18. The van der Waals surface area contributed by atoms with Gasteiger partial charge in [-0.3, -0.25) is 24.3 Å². The fourth-order valence-electron chi connectivity index (χ4n) is 4.67. The largest absolute Gasteiger partial charge is 0.356 e. The lowest BCUT2D eigenvalue weighted by Crippen LogP contribution is -2.44. The summed E-state index contributed by atoms with van der Waals surface area (Å²) in [5, 5.41) is 9.28. The molecule has 8 heteroatoms. The summed E-state index contributed by atoms with van der Waals surface area (Å²) >= 11 is 0. The molecule has 2 saturated carbocycles. The second kappa shape index (κ2) is 7.93. The van der Waals surface area contributed by atoms with Gasteiger partial charge in [0.25, 0.3) is 0 Å². The van der Waals surface area contributed by atoms with Crippen molar-refractivity contribution in [1.82, 2.24) is 20.9 Å². The molecule has 0 aromatic rings. The van der Waals surface area contributed by atoms with Crippen LogP contribution >= 0.6 is 0 Å². The van der Waals surface area contributed by atoms with Gasteiger partial charge < -0.3 is 16.0 Å². The second-order valence-electron chi connectivity index (χ2n) is 8.20. The lowest BCUT2D eigenvalue weighted by atomic mass is 9.85. The first-order chi connectivity index (χ1) is 13.6. The highest BCUT2D eigenvalue weighted by Gasteiger charge is 2.58. The number of nitrogens with zero attached hydrogens (tertiary/aromatic N) is 2. The molecular formula is C20H29N5O3. The first kappa shape index (κ1) is 19.0. The van der Waals surface area contributed by atoms with Crippen LogP contribution in [0.5, 0.6) is 0 Å². The van der Waals surface area contributed by atoms with Crippen LogP contribution in [0.15, 0.2) is 17.1 Å². The number of amides is 3. The Morgan fingerprint density at radius 1 is 1.11 bits per heavy atom. The van der Waals surface area contributed by atoms with E-state index in [9.17, 15) is 14.4 Å². The molecule has 0 spiro atoms. The smallest absolute Gasteiger partial charge is 0.233 e. The van der Waals surface area contributed by atoms with Crippen LogP contribution in [0, 0.1) is 23.7 Å². The van der Waals surface area contributed by atoms with Gasteiger partial charge in [0, 0.05) is 39.1 Å². The molecule has 3 aliphatic carbocycles. The van der Waals surface area contributed by atoms with Crippen LogP contribution in [0.2, 0.25) is 0 Å². The Bertz CT molecular complexity index is 685. The minimum absolute atomic E-state index is 0.0155. The van der Waals surface area contributed by atoms with E-state index in [1.54, 1.807) is 7.05 Å². The summed E-state index contributed by atoms with van der Waals surface area (Å²) in [6.07, 6.45) is 8.58. The number of rotatable bonds is 8. The predicted molar refractivity (Wildman–Crippen MR) is 104 cm³/mol. The van der Waals surface area contributed by atoms with E-state index in [2.05, 4.69) is 33.1 Å². The molecule has 1 heterocycles. The topological polar surface area (TPSA) is 103 Å². The maximum Gasteiger partial charge on any atom is 0.233 e. The van der Waals surface area contributed by atoms with Crippen LogP contribution in [-0.2, 0) is 14.4 Å². The van der Waals surface area contributed by atoms with Crippen molar-refractivity contribution in [2.75, 3.05) is 26.7 Å². The molecule has 0 aromatic heterocycles. The molecule has 1 aliphatic heterocycles. The van der Waals surface area contributed by atoms with E-state index in [4.69, 9.17) is 0 Å². The third kappa shape index (κ3) is 3.77. The highest BCUT2D eigenvalue weighted by molar-refractivity contribution is 6.06. The number of guanidine groups is 1. The van der Waals surface area contributed by atoms with Gasteiger partial charge in [0.05, 0.1) is 11.8 Å². The average molecular weight is 387 g/mol. The summed E-state index contributed by atoms with van der Waals surface area (Å²) < 4.78 is 0. The Balaban J connectivity index is 1.15. The third-order valence-corrected chi connectivity index (χ3v) is 6.23. The number of fused-ring (bicyclic) bond motifs is 5. The molecule has 152 valence electrons. The molecule has 8 nitrogen and oxygen atoms in total.